The van der Waals surface area contributed by atoms with Crippen LogP contribution < -0.4 is 0 Å². The Morgan fingerprint density at radius 2 is 1.75 bits per heavy atom. The highest BCUT2D eigenvalue weighted by molar-refractivity contribution is 8.02. The van der Waals surface area contributed by atoms with E-state index in [1.165, 1.54) is 16.0 Å². The average molecular weight is 226 g/mol. The standard InChI is InChI=1S/C15H14S/c1-13-6-5-7-14(12-13)10-11-16-15-8-3-2-4-9-15/h2-12H,1H3/b11-10+. The Labute approximate surface area is 101 Å². The van der Waals surface area contributed by atoms with Crippen LogP contribution in [0.1, 0.15) is 11.1 Å². The lowest BCUT2D eigenvalue weighted by atomic mass is 10.1. The van der Waals surface area contributed by atoms with Gasteiger partial charge in [-0.2, -0.15) is 0 Å². The van der Waals surface area contributed by atoms with E-state index in [1.807, 2.05) is 6.07 Å². The van der Waals surface area contributed by atoms with Crippen molar-refractivity contribution in [1.29, 1.82) is 0 Å². The van der Waals surface area contributed by atoms with E-state index in [9.17, 15) is 0 Å². The Balaban J connectivity index is 2.00. The third-order valence-electron chi connectivity index (χ3n) is 2.25. The first-order chi connectivity index (χ1) is 7.84. The van der Waals surface area contributed by atoms with Gasteiger partial charge in [0.15, 0.2) is 0 Å². The highest BCUT2D eigenvalue weighted by Gasteiger charge is 1.89. The molecule has 0 unspecified atom stereocenters. The van der Waals surface area contributed by atoms with Gasteiger partial charge in [-0.1, -0.05) is 59.8 Å². The van der Waals surface area contributed by atoms with E-state index in [2.05, 4.69) is 66.9 Å². The van der Waals surface area contributed by atoms with E-state index >= 15 is 0 Å². The quantitative estimate of drug-likeness (QED) is 0.680. The zero-order valence-corrected chi connectivity index (χ0v) is 10.1. The number of hydrogen-bond donors (Lipinski definition) is 0. The van der Waals surface area contributed by atoms with Gasteiger partial charge in [0.05, 0.1) is 0 Å². The molecule has 0 heterocycles. The van der Waals surface area contributed by atoms with Crippen molar-refractivity contribution in [2.24, 2.45) is 0 Å². The first-order valence-electron chi connectivity index (χ1n) is 5.29. The Bertz CT molecular complexity index is 472. The zero-order valence-electron chi connectivity index (χ0n) is 9.26. The molecular weight excluding hydrogens is 212 g/mol. The molecule has 2 aromatic carbocycles. The Kier molecular flexibility index (Phi) is 3.84. The van der Waals surface area contributed by atoms with Crippen LogP contribution in [0, 0.1) is 6.92 Å². The molecule has 0 N–H and O–H groups in total. The van der Waals surface area contributed by atoms with Crippen molar-refractivity contribution in [3.63, 3.8) is 0 Å². The van der Waals surface area contributed by atoms with Gasteiger partial charge in [0, 0.05) is 4.90 Å². The smallest absolute Gasteiger partial charge is 0.0116 e. The van der Waals surface area contributed by atoms with E-state index in [0.717, 1.165) is 0 Å². The van der Waals surface area contributed by atoms with Gasteiger partial charge in [-0.3, -0.25) is 0 Å². The first kappa shape index (κ1) is 11.0. The van der Waals surface area contributed by atoms with E-state index in [4.69, 9.17) is 0 Å². The predicted molar refractivity (Wildman–Crippen MR) is 72.5 cm³/mol. The lowest BCUT2D eigenvalue weighted by Crippen LogP contribution is -1.73. The molecule has 0 aliphatic rings. The minimum Gasteiger partial charge on any atom is -0.0981 e. The van der Waals surface area contributed by atoms with Crippen molar-refractivity contribution in [3.05, 3.63) is 71.1 Å². The molecule has 0 spiro atoms. The lowest BCUT2D eigenvalue weighted by Gasteiger charge is -1.96. The summed E-state index contributed by atoms with van der Waals surface area (Å²) in [5, 5.41) is 2.13. The van der Waals surface area contributed by atoms with Crippen molar-refractivity contribution < 1.29 is 0 Å². The van der Waals surface area contributed by atoms with Crippen LogP contribution in [0.15, 0.2) is 64.9 Å². The van der Waals surface area contributed by atoms with Crippen LogP contribution >= 0.6 is 11.8 Å². The lowest BCUT2D eigenvalue weighted by molar-refractivity contribution is 1.46. The van der Waals surface area contributed by atoms with E-state index in [1.54, 1.807) is 11.8 Å². The Morgan fingerprint density at radius 1 is 0.938 bits per heavy atom. The molecule has 2 aromatic rings. The van der Waals surface area contributed by atoms with Crippen LogP contribution in [0.5, 0.6) is 0 Å². The fourth-order valence-corrected chi connectivity index (χ4v) is 2.16. The van der Waals surface area contributed by atoms with Gasteiger partial charge in [0.25, 0.3) is 0 Å². The summed E-state index contributed by atoms with van der Waals surface area (Å²) in [4.78, 5) is 1.27. The van der Waals surface area contributed by atoms with Gasteiger partial charge >= 0.3 is 0 Å². The largest absolute Gasteiger partial charge is 0.0981 e. The van der Waals surface area contributed by atoms with Crippen LogP contribution in [0.4, 0.5) is 0 Å². The maximum Gasteiger partial charge on any atom is 0.0116 e. The van der Waals surface area contributed by atoms with Crippen molar-refractivity contribution in [1.82, 2.24) is 0 Å². The maximum absolute atomic E-state index is 2.18. The molecule has 0 saturated carbocycles. The number of hydrogen-bond acceptors (Lipinski definition) is 1. The summed E-state index contributed by atoms with van der Waals surface area (Å²) in [5.41, 5.74) is 2.55. The Hall–Kier alpha value is -1.47. The maximum atomic E-state index is 2.18. The van der Waals surface area contributed by atoms with Gasteiger partial charge in [-0.25, -0.2) is 0 Å². The monoisotopic (exact) mass is 226 g/mol. The summed E-state index contributed by atoms with van der Waals surface area (Å²) in [6, 6.07) is 18.9. The summed E-state index contributed by atoms with van der Waals surface area (Å²) >= 11 is 1.74. The second-order valence-corrected chi connectivity index (χ2v) is 4.63. The van der Waals surface area contributed by atoms with Gasteiger partial charge < -0.3 is 0 Å². The van der Waals surface area contributed by atoms with Crippen LogP contribution in [0.2, 0.25) is 0 Å². The van der Waals surface area contributed by atoms with Crippen LogP contribution in [-0.2, 0) is 0 Å². The molecule has 2 rings (SSSR count). The molecule has 0 atom stereocenters. The molecule has 16 heavy (non-hydrogen) atoms. The van der Waals surface area contributed by atoms with Crippen molar-refractivity contribution in [2.75, 3.05) is 0 Å². The number of benzene rings is 2. The summed E-state index contributed by atoms with van der Waals surface area (Å²) in [7, 11) is 0. The summed E-state index contributed by atoms with van der Waals surface area (Å²) < 4.78 is 0. The molecule has 0 fully saturated rings. The van der Waals surface area contributed by atoms with Gasteiger partial charge in [-0.15, -0.1) is 0 Å². The zero-order chi connectivity index (χ0) is 11.2. The van der Waals surface area contributed by atoms with E-state index in [0.29, 0.717) is 0 Å². The molecule has 0 saturated heterocycles. The third-order valence-corrected chi connectivity index (χ3v) is 3.07. The second kappa shape index (κ2) is 5.57. The minimum atomic E-state index is 1.25. The van der Waals surface area contributed by atoms with Crippen LogP contribution in [0.3, 0.4) is 0 Å². The molecule has 1 heteroatoms. The molecule has 80 valence electrons. The fraction of sp³-hybridized carbons (Fsp3) is 0.0667. The third kappa shape index (κ3) is 3.28. The second-order valence-electron chi connectivity index (χ2n) is 3.65. The molecular formula is C15H14S. The van der Waals surface area contributed by atoms with Gasteiger partial charge in [0.2, 0.25) is 0 Å². The molecule has 0 aromatic heterocycles. The molecule has 0 amide bonds. The molecule has 0 bridgehead atoms. The van der Waals surface area contributed by atoms with Crippen molar-refractivity contribution in [3.8, 4) is 0 Å². The Morgan fingerprint density at radius 3 is 2.50 bits per heavy atom. The highest BCUT2D eigenvalue weighted by atomic mass is 32.2. The number of thioether (sulfide) groups is 1. The highest BCUT2D eigenvalue weighted by Crippen LogP contribution is 2.19. The minimum absolute atomic E-state index is 1.25. The van der Waals surface area contributed by atoms with Gasteiger partial charge in [0.1, 0.15) is 0 Å². The predicted octanol–water partition coefficient (Wildman–Crippen LogP) is 4.76. The van der Waals surface area contributed by atoms with Crippen LogP contribution in [0.25, 0.3) is 6.08 Å². The summed E-state index contributed by atoms with van der Waals surface area (Å²) in [6.45, 7) is 2.11. The van der Waals surface area contributed by atoms with Crippen molar-refractivity contribution in [2.45, 2.75) is 11.8 Å². The summed E-state index contributed by atoms with van der Waals surface area (Å²) in [5.74, 6) is 0. The molecule has 0 aliphatic carbocycles. The number of rotatable bonds is 3. The van der Waals surface area contributed by atoms with E-state index < -0.39 is 0 Å². The normalized spacial score (nSPS) is 10.8. The SMILES string of the molecule is Cc1cccc(/C=C/Sc2ccccc2)c1. The van der Waals surface area contributed by atoms with Crippen LogP contribution in [-0.4, -0.2) is 0 Å². The van der Waals surface area contributed by atoms with E-state index in [-0.39, 0.29) is 0 Å². The van der Waals surface area contributed by atoms with Crippen molar-refractivity contribution >= 4 is 17.8 Å². The molecule has 0 nitrogen and oxygen atoms in total. The molecule has 0 radical (unpaired) electrons. The molecule has 0 aliphatic heterocycles. The number of aryl methyl sites for hydroxylation is 1. The van der Waals surface area contributed by atoms with Gasteiger partial charge in [-0.05, 0) is 36.1 Å². The topological polar surface area (TPSA) is 0 Å². The fourth-order valence-electron chi connectivity index (χ4n) is 1.46. The average Bonchev–Trinajstić information content (AvgIpc) is 2.30. The first-order valence-corrected chi connectivity index (χ1v) is 6.17. The summed E-state index contributed by atoms with van der Waals surface area (Å²) in [6.07, 6.45) is 2.14.